The van der Waals surface area contributed by atoms with Crippen molar-refractivity contribution in [1.29, 1.82) is 0 Å². The van der Waals surface area contributed by atoms with E-state index in [9.17, 15) is 9.59 Å². The van der Waals surface area contributed by atoms with Gasteiger partial charge in [0.15, 0.2) is 0 Å². The average Bonchev–Trinajstić information content (AvgIpc) is 2.73. The third-order valence-electron chi connectivity index (χ3n) is 3.79. The number of amides is 2. The highest BCUT2D eigenvalue weighted by atomic mass is 16.2. The summed E-state index contributed by atoms with van der Waals surface area (Å²) in [5.41, 5.74) is 1.85. The van der Waals surface area contributed by atoms with Gasteiger partial charge in [0.2, 0.25) is 0 Å². The Kier molecular flexibility index (Phi) is 3.21. The SMILES string of the molecule is O=C1NC(=O)c2cc(NCC3CCNCC3)ccc21. The third-order valence-corrected chi connectivity index (χ3v) is 3.79. The number of carbonyl (C=O) groups is 2. The molecule has 3 N–H and O–H groups in total. The topological polar surface area (TPSA) is 70.2 Å². The van der Waals surface area contributed by atoms with Gasteiger partial charge in [0.25, 0.3) is 11.8 Å². The Morgan fingerprint density at radius 2 is 1.84 bits per heavy atom. The molecule has 1 aromatic carbocycles. The summed E-state index contributed by atoms with van der Waals surface area (Å²) in [5.74, 6) is 0.0698. The molecule has 100 valence electrons. The molecule has 1 fully saturated rings. The number of imide groups is 1. The van der Waals surface area contributed by atoms with Crippen molar-refractivity contribution >= 4 is 17.5 Å². The number of carbonyl (C=O) groups excluding carboxylic acids is 2. The molecular formula is C14H17N3O2. The molecule has 0 spiro atoms. The molecule has 0 unspecified atom stereocenters. The van der Waals surface area contributed by atoms with Crippen molar-refractivity contribution in [2.24, 2.45) is 5.92 Å². The molecule has 0 aliphatic carbocycles. The maximum absolute atomic E-state index is 11.6. The summed E-state index contributed by atoms with van der Waals surface area (Å²) in [6, 6.07) is 5.33. The van der Waals surface area contributed by atoms with E-state index in [0.717, 1.165) is 25.3 Å². The second kappa shape index (κ2) is 5.01. The highest BCUT2D eigenvalue weighted by Gasteiger charge is 2.26. The lowest BCUT2D eigenvalue weighted by Crippen LogP contribution is -2.31. The van der Waals surface area contributed by atoms with Crippen molar-refractivity contribution in [2.75, 3.05) is 25.0 Å². The Labute approximate surface area is 111 Å². The minimum absolute atomic E-state index is 0.300. The van der Waals surface area contributed by atoms with Gasteiger partial charge in [-0.05, 0) is 50.0 Å². The van der Waals surface area contributed by atoms with Gasteiger partial charge in [-0.15, -0.1) is 0 Å². The number of benzene rings is 1. The zero-order valence-electron chi connectivity index (χ0n) is 10.7. The second-order valence-electron chi connectivity index (χ2n) is 5.12. The summed E-state index contributed by atoms with van der Waals surface area (Å²) in [6.07, 6.45) is 2.35. The normalized spacial score (nSPS) is 19.2. The monoisotopic (exact) mass is 259 g/mol. The predicted molar refractivity (Wildman–Crippen MR) is 72.3 cm³/mol. The number of piperidine rings is 1. The van der Waals surface area contributed by atoms with Crippen LogP contribution in [0.3, 0.4) is 0 Å². The fourth-order valence-electron chi connectivity index (χ4n) is 2.63. The Balaban J connectivity index is 1.67. The van der Waals surface area contributed by atoms with Crippen LogP contribution in [-0.2, 0) is 0 Å². The number of rotatable bonds is 3. The van der Waals surface area contributed by atoms with Crippen LogP contribution in [0.5, 0.6) is 0 Å². The first-order valence-electron chi connectivity index (χ1n) is 6.68. The molecule has 2 aliphatic heterocycles. The lowest BCUT2D eigenvalue weighted by atomic mass is 9.98. The van der Waals surface area contributed by atoms with Crippen LogP contribution in [0, 0.1) is 5.92 Å². The van der Waals surface area contributed by atoms with Crippen LogP contribution in [0.1, 0.15) is 33.6 Å². The van der Waals surface area contributed by atoms with E-state index in [-0.39, 0.29) is 11.8 Å². The Bertz CT molecular complexity index is 521. The zero-order chi connectivity index (χ0) is 13.2. The molecule has 2 amide bonds. The Hall–Kier alpha value is -1.88. The molecular weight excluding hydrogens is 242 g/mol. The quantitative estimate of drug-likeness (QED) is 0.708. The molecule has 1 aromatic rings. The first-order chi connectivity index (χ1) is 9.24. The van der Waals surface area contributed by atoms with E-state index in [1.54, 1.807) is 12.1 Å². The van der Waals surface area contributed by atoms with Crippen LogP contribution in [0.4, 0.5) is 5.69 Å². The summed E-state index contributed by atoms with van der Waals surface area (Å²) < 4.78 is 0. The maximum atomic E-state index is 11.6. The minimum Gasteiger partial charge on any atom is -0.385 e. The summed E-state index contributed by atoms with van der Waals surface area (Å²) in [6.45, 7) is 3.07. The molecule has 0 atom stereocenters. The lowest BCUT2D eigenvalue weighted by molar-refractivity contribution is 0.0879. The summed E-state index contributed by atoms with van der Waals surface area (Å²) >= 11 is 0. The van der Waals surface area contributed by atoms with Gasteiger partial charge in [-0.2, -0.15) is 0 Å². The Morgan fingerprint density at radius 3 is 2.63 bits per heavy atom. The van der Waals surface area contributed by atoms with E-state index in [1.165, 1.54) is 12.8 Å². The van der Waals surface area contributed by atoms with Gasteiger partial charge in [0.1, 0.15) is 0 Å². The molecule has 0 aromatic heterocycles. The van der Waals surface area contributed by atoms with Gasteiger partial charge in [0.05, 0.1) is 11.1 Å². The number of hydrogen-bond donors (Lipinski definition) is 3. The number of nitrogens with one attached hydrogen (secondary N) is 3. The molecule has 2 aliphatic rings. The van der Waals surface area contributed by atoms with Crippen LogP contribution in [0.25, 0.3) is 0 Å². The number of hydrogen-bond acceptors (Lipinski definition) is 4. The third kappa shape index (κ3) is 2.46. The average molecular weight is 259 g/mol. The minimum atomic E-state index is -0.301. The van der Waals surface area contributed by atoms with E-state index < -0.39 is 0 Å². The molecule has 0 bridgehead atoms. The van der Waals surface area contributed by atoms with Crippen molar-refractivity contribution < 1.29 is 9.59 Å². The van der Waals surface area contributed by atoms with Gasteiger partial charge in [0, 0.05) is 12.2 Å². The fourth-order valence-corrected chi connectivity index (χ4v) is 2.63. The second-order valence-corrected chi connectivity index (χ2v) is 5.12. The standard InChI is InChI=1S/C14H17N3O2/c18-13-11-2-1-10(7-12(11)14(19)17-13)16-8-9-3-5-15-6-4-9/h1-2,7,9,15-16H,3-6,8H2,(H,17,18,19). The smallest absolute Gasteiger partial charge is 0.259 e. The van der Waals surface area contributed by atoms with Crippen molar-refractivity contribution in [3.63, 3.8) is 0 Å². The molecule has 5 heteroatoms. The molecule has 19 heavy (non-hydrogen) atoms. The van der Waals surface area contributed by atoms with Crippen LogP contribution in [0.2, 0.25) is 0 Å². The van der Waals surface area contributed by atoms with Crippen molar-refractivity contribution in [2.45, 2.75) is 12.8 Å². The molecule has 1 saturated heterocycles. The molecule has 2 heterocycles. The van der Waals surface area contributed by atoms with E-state index in [4.69, 9.17) is 0 Å². The van der Waals surface area contributed by atoms with Crippen LogP contribution >= 0.6 is 0 Å². The maximum Gasteiger partial charge on any atom is 0.259 e. The van der Waals surface area contributed by atoms with Crippen LogP contribution in [0.15, 0.2) is 18.2 Å². The molecule has 3 rings (SSSR count). The molecule has 0 saturated carbocycles. The summed E-state index contributed by atoms with van der Waals surface area (Å²) in [4.78, 5) is 23.0. The van der Waals surface area contributed by atoms with Crippen LogP contribution in [-0.4, -0.2) is 31.4 Å². The lowest BCUT2D eigenvalue weighted by Gasteiger charge is -2.23. The van der Waals surface area contributed by atoms with Gasteiger partial charge in [-0.3, -0.25) is 14.9 Å². The summed E-state index contributed by atoms with van der Waals surface area (Å²) in [5, 5.41) is 9.00. The largest absolute Gasteiger partial charge is 0.385 e. The van der Waals surface area contributed by atoms with Gasteiger partial charge in [-0.25, -0.2) is 0 Å². The predicted octanol–water partition coefficient (Wildman–Crippen LogP) is 0.982. The highest BCUT2D eigenvalue weighted by molar-refractivity contribution is 6.21. The van der Waals surface area contributed by atoms with E-state index >= 15 is 0 Å². The first kappa shape index (κ1) is 12.2. The Morgan fingerprint density at radius 1 is 1.11 bits per heavy atom. The summed E-state index contributed by atoms with van der Waals surface area (Å²) in [7, 11) is 0. The number of fused-ring (bicyclic) bond motifs is 1. The van der Waals surface area contributed by atoms with E-state index in [1.807, 2.05) is 6.07 Å². The van der Waals surface area contributed by atoms with Crippen molar-refractivity contribution in [1.82, 2.24) is 10.6 Å². The molecule has 0 radical (unpaired) electrons. The van der Waals surface area contributed by atoms with Crippen LogP contribution < -0.4 is 16.0 Å². The van der Waals surface area contributed by atoms with E-state index in [2.05, 4.69) is 16.0 Å². The van der Waals surface area contributed by atoms with Gasteiger partial charge in [-0.1, -0.05) is 0 Å². The van der Waals surface area contributed by atoms with Crippen molar-refractivity contribution in [3.05, 3.63) is 29.3 Å². The number of anilines is 1. The van der Waals surface area contributed by atoms with E-state index in [0.29, 0.717) is 17.0 Å². The van der Waals surface area contributed by atoms with Gasteiger partial charge < -0.3 is 10.6 Å². The molecule has 5 nitrogen and oxygen atoms in total. The first-order valence-corrected chi connectivity index (χ1v) is 6.68. The van der Waals surface area contributed by atoms with Crippen molar-refractivity contribution in [3.8, 4) is 0 Å². The fraction of sp³-hybridized carbons (Fsp3) is 0.429. The zero-order valence-corrected chi connectivity index (χ0v) is 10.7. The van der Waals surface area contributed by atoms with Gasteiger partial charge >= 0.3 is 0 Å². The highest BCUT2D eigenvalue weighted by Crippen LogP contribution is 2.21.